The molecule has 0 N–H and O–H groups in total. The van der Waals surface area contributed by atoms with Crippen molar-refractivity contribution in [2.24, 2.45) is 0 Å². The third kappa shape index (κ3) is 4.17. The van der Waals surface area contributed by atoms with Crippen LogP contribution in [0.5, 0.6) is 5.75 Å². The highest BCUT2D eigenvalue weighted by Crippen LogP contribution is 2.25. The Morgan fingerprint density at radius 1 is 1.03 bits per heavy atom. The normalized spacial score (nSPS) is 15.9. The molecule has 2 aromatic carbocycles. The summed E-state index contributed by atoms with van der Waals surface area (Å²) >= 11 is 6.10. The molecular formula is C19H21ClN6O3S. The second-order valence-corrected chi connectivity index (χ2v) is 9.13. The SMILES string of the molecule is COc1ccc(-n2nnnc2CN2CCN(S(=O)(=O)c3ccccc3Cl)CC2)cc1. The predicted molar refractivity (Wildman–Crippen MR) is 111 cm³/mol. The molecule has 1 aliphatic rings. The van der Waals surface area contributed by atoms with Crippen LogP contribution in [-0.4, -0.2) is 71.1 Å². The average Bonchev–Trinajstić information content (AvgIpc) is 3.22. The molecule has 1 fully saturated rings. The van der Waals surface area contributed by atoms with Gasteiger partial charge in [0.1, 0.15) is 10.6 Å². The standard InChI is InChI=1S/C19H21ClN6O3S/c1-29-16-8-6-15(7-9-16)26-19(21-22-23-26)14-24-10-12-25(13-11-24)30(27,28)18-5-3-2-4-17(18)20/h2-9H,10-14H2,1H3. The summed E-state index contributed by atoms with van der Waals surface area (Å²) in [4.78, 5) is 2.27. The van der Waals surface area contributed by atoms with Crippen molar-refractivity contribution < 1.29 is 13.2 Å². The van der Waals surface area contributed by atoms with Crippen molar-refractivity contribution >= 4 is 21.6 Å². The van der Waals surface area contributed by atoms with Crippen LogP contribution in [0.2, 0.25) is 5.02 Å². The van der Waals surface area contributed by atoms with Gasteiger partial charge >= 0.3 is 0 Å². The van der Waals surface area contributed by atoms with Gasteiger partial charge in [0, 0.05) is 26.2 Å². The zero-order chi connectivity index (χ0) is 21.1. The number of benzene rings is 2. The molecule has 1 aliphatic heterocycles. The maximum absolute atomic E-state index is 12.9. The number of halogens is 1. The zero-order valence-corrected chi connectivity index (χ0v) is 17.9. The number of ether oxygens (including phenoxy) is 1. The molecule has 0 radical (unpaired) electrons. The summed E-state index contributed by atoms with van der Waals surface area (Å²) in [6, 6.07) is 14.0. The van der Waals surface area contributed by atoms with Crippen molar-refractivity contribution in [3.63, 3.8) is 0 Å². The summed E-state index contributed by atoms with van der Waals surface area (Å²) in [6.45, 7) is 2.40. The van der Waals surface area contributed by atoms with Gasteiger partial charge in [-0.15, -0.1) is 5.10 Å². The van der Waals surface area contributed by atoms with Crippen molar-refractivity contribution in [2.45, 2.75) is 11.4 Å². The molecule has 0 amide bonds. The van der Waals surface area contributed by atoms with Gasteiger partial charge in [0.2, 0.25) is 10.0 Å². The van der Waals surface area contributed by atoms with Crippen LogP contribution >= 0.6 is 11.6 Å². The van der Waals surface area contributed by atoms with Gasteiger partial charge in [0.25, 0.3) is 0 Å². The van der Waals surface area contributed by atoms with Gasteiger partial charge in [-0.05, 0) is 46.8 Å². The third-order valence-electron chi connectivity index (χ3n) is 5.00. The molecule has 2 heterocycles. The molecule has 1 saturated heterocycles. The minimum Gasteiger partial charge on any atom is -0.497 e. The summed E-state index contributed by atoms with van der Waals surface area (Å²) in [5, 5.41) is 12.2. The smallest absolute Gasteiger partial charge is 0.244 e. The lowest BCUT2D eigenvalue weighted by Gasteiger charge is -2.33. The molecule has 30 heavy (non-hydrogen) atoms. The Kier molecular flexibility index (Phi) is 6.00. The van der Waals surface area contributed by atoms with E-state index in [1.54, 1.807) is 30.0 Å². The summed E-state index contributed by atoms with van der Waals surface area (Å²) in [5.74, 6) is 1.44. The fourth-order valence-corrected chi connectivity index (χ4v) is 5.26. The van der Waals surface area contributed by atoms with Crippen LogP contribution in [0, 0.1) is 0 Å². The lowest BCUT2D eigenvalue weighted by atomic mass is 10.3. The number of nitrogens with zero attached hydrogens (tertiary/aromatic N) is 6. The van der Waals surface area contributed by atoms with E-state index in [4.69, 9.17) is 16.3 Å². The number of tetrazole rings is 1. The molecule has 1 aromatic heterocycles. The number of sulfonamides is 1. The van der Waals surface area contributed by atoms with E-state index in [0.717, 1.165) is 11.4 Å². The van der Waals surface area contributed by atoms with Crippen molar-refractivity contribution in [1.82, 2.24) is 29.4 Å². The fourth-order valence-electron chi connectivity index (χ4n) is 3.35. The van der Waals surface area contributed by atoms with E-state index in [0.29, 0.717) is 38.5 Å². The van der Waals surface area contributed by atoms with Crippen molar-refractivity contribution in [3.8, 4) is 11.4 Å². The third-order valence-corrected chi connectivity index (χ3v) is 7.40. The Labute approximate surface area is 179 Å². The van der Waals surface area contributed by atoms with Gasteiger partial charge in [-0.1, -0.05) is 23.7 Å². The highest BCUT2D eigenvalue weighted by Gasteiger charge is 2.30. The number of rotatable bonds is 6. The number of piperazine rings is 1. The molecule has 0 saturated carbocycles. The van der Waals surface area contributed by atoms with Crippen molar-refractivity contribution in [2.75, 3.05) is 33.3 Å². The lowest BCUT2D eigenvalue weighted by Crippen LogP contribution is -2.48. The van der Waals surface area contributed by atoms with E-state index >= 15 is 0 Å². The Morgan fingerprint density at radius 3 is 2.40 bits per heavy atom. The molecule has 0 unspecified atom stereocenters. The first-order valence-corrected chi connectivity index (χ1v) is 11.2. The largest absolute Gasteiger partial charge is 0.497 e. The first kappa shape index (κ1) is 20.7. The Balaban J connectivity index is 1.42. The summed E-state index contributed by atoms with van der Waals surface area (Å²) in [6.07, 6.45) is 0. The molecule has 9 nitrogen and oxygen atoms in total. The number of hydrogen-bond donors (Lipinski definition) is 0. The van der Waals surface area contributed by atoms with Crippen molar-refractivity contribution in [3.05, 3.63) is 59.4 Å². The van der Waals surface area contributed by atoms with E-state index in [1.807, 2.05) is 24.3 Å². The van der Waals surface area contributed by atoms with Crippen LogP contribution in [0.15, 0.2) is 53.4 Å². The Bertz CT molecular complexity index is 1110. The summed E-state index contributed by atoms with van der Waals surface area (Å²) in [5.41, 5.74) is 0.829. The number of aromatic nitrogens is 4. The molecule has 0 atom stereocenters. The highest BCUT2D eigenvalue weighted by molar-refractivity contribution is 7.89. The van der Waals surface area contributed by atoms with E-state index < -0.39 is 10.0 Å². The molecular weight excluding hydrogens is 428 g/mol. The molecule has 11 heteroatoms. The topological polar surface area (TPSA) is 93.4 Å². The maximum atomic E-state index is 12.9. The fraction of sp³-hybridized carbons (Fsp3) is 0.316. The van der Waals surface area contributed by atoms with E-state index in [2.05, 4.69) is 20.4 Å². The Morgan fingerprint density at radius 2 is 1.73 bits per heavy atom. The van der Waals surface area contributed by atoms with E-state index in [1.165, 1.54) is 10.4 Å². The van der Waals surface area contributed by atoms with Crippen LogP contribution in [-0.2, 0) is 16.6 Å². The number of methoxy groups -OCH3 is 1. The molecule has 3 aromatic rings. The molecule has 4 rings (SSSR count). The second kappa shape index (κ2) is 8.68. The van der Waals surface area contributed by atoms with E-state index in [9.17, 15) is 8.42 Å². The van der Waals surface area contributed by atoms with E-state index in [-0.39, 0.29) is 9.92 Å². The quantitative estimate of drug-likeness (QED) is 0.567. The van der Waals surface area contributed by atoms with Gasteiger partial charge in [-0.3, -0.25) is 4.90 Å². The second-order valence-electron chi connectivity index (χ2n) is 6.82. The lowest BCUT2D eigenvalue weighted by molar-refractivity contribution is 0.177. The van der Waals surface area contributed by atoms with Crippen LogP contribution in [0.4, 0.5) is 0 Å². The van der Waals surface area contributed by atoms with Gasteiger partial charge in [-0.25, -0.2) is 8.42 Å². The van der Waals surface area contributed by atoms with Gasteiger partial charge < -0.3 is 4.74 Å². The maximum Gasteiger partial charge on any atom is 0.244 e. The van der Waals surface area contributed by atoms with Crippen molar-refractivity contribution in [1.29, 1.82) is 0 Å². The molecule has 0 aliphatic carbocycles. The molecule has 158 valence electrons. The highest BCUT2D eigenvalue weighted by atomic mass is 35.5. The first-order chi connectivity index (χ1) is 14.5. The zero-order valence-electron chi connectivity index (χ0n) is 16.3. The molecule has 0 spiro atoms. The van der Waals surface area contributed by atoms with Crippen LogP contribution < -0.4 is 4.74 Å². The van der Waals surface area contributed by atoms with Gasteiger partial charge in [-0.2, -0.15) is 8.99 Å². The number of hydrogen-bond acceptors (Lipinski definition) is 7. The summed E-state index contributed by atoms with van der Waals surface area (Å²) in [7, 11) is -2.00. The predicted octanol–water partition coefficient (Wildman–Crippen LogP) is 1.83. The minimum absolute atomic E-state index is 0.142. The monoisotopic (exact) mass is 448 g/mol. The summed E-state index contributed by atoms with van der Waals surface area (Å²) < 4.78 is 34.1. The van der Waals surface area contributed by atoms with Crippen LogP contribution in [0.25, 0.3) is 5.69 Å². The Hall–Kier alpha value is -2.53. The molecule has 0 bridgehead atoms. The van der Waals surface area contributed by atoms with Gasteiger partial charge in [0.15, 0.2) is 5.82 Å². The van der Waals surface area contributed by atoms with Crippen LogP contribution in [0.1, 0.15) is 5.82 Å². The van der Waals surface area contributed by atoms with Gasteiger partial charge in [0.05, 0.1) is 24.4 Å². The average molecular weight is 449 g/mol. The minimum atomic E-state index is -3.62. The first-order valence-electron chi connectivity index (χ1n) is 9.38. The van der Waals surface area contributed by atoms with Crippen LogP contribution in [0.3, 0.4) is 0 Å².